The third-order valence-electron chi connectivity index (χ3n) is 4.12. The van der Waals surface area contributed by atoms with E-state index in [-0.39, 0.29) is 11.8 Å². The number of carbonyl (C=O) groups is 2. The van der Waals surface area contributed by atoms with Gasteiger partial charge in [0.25, 0.3) is 11.8 Å². The molecule has 122 valence electrons. The summed E-state index contributed by atoms with van der Waals surface area (Å²) in [5, 5.41) is 5.58. The van der Waals surface area contributed by atoms with Crippen LogP contribution in [0.3, 0.4) is 0 Å². The summed E-state index contributed by atoms with van der Waals surface area (Å²) in [5.74, 6) is 0.908. The van der Waals surface area contributed by atoms with Crippen LogP contribution in [0.5, 0.6) is 11.5 Å². The standard InChI is InChI=1S/C18H16N2O4/c1-10-17(21)20-13-9-12(6-7-15(13)23-10)19-18(22)16-8-11-4-2-3-5-14(11)24-16/h2-7,9-10,16H,8H2,1H3,(H,19,22)(H,20,21)/t10-,16+/m0/s1. The van der Waals surface area contributed by atoms with Crippen LogP contribution in [0.1, 0.15) is 12.5 Å². The number of rotatable bonds is 2. The van der Waals surface area contributed by atoms with E-state index in [0.717, 1.165) is 11.3 Å². The molecule has 0 saturated heterocycles. The van der Waals surface area contributed by atoms with E-state index in [4.69, 9.17) is 9.47 Å². The molecule has 4 rings (SSSR count). The fourth-order valence-corrected chi connectivity index (χ4v) is 2.84. The van der Waals surface area contributed by atoms with Crippen molar-refractivity contribution < 1.29 is 19.1 Å². The third kappa shape index (κ3) is 2.56. The first kappa shape index (κ1) is 14.6. The molecule has 2 heterocycles. The molecule has 24 heavy (non-hydrogen) atoms. The van der Waals surface area contributed by atoms with Gasteiger partial charge < -0.3 is 20.1 Å². The van der Waals surface area contributed by atoms with Crippen LogP contribution >= 0.6 is 0 Å². The van der Waals surface area contributed by atoms with Gasteiger partial charge in [0.15, 0.2) is 12.2 Å². The smallest absolute Gasteiger partial charge is 0.265 e. The Morgan fingerprint density at radius 2 is 2.00 bits per heavy atom. The number of amides is 2. The minimum Gasteiger partial charge on any atom is -0.480 e. The van der Waals surface area contributed by atoms with E-state index in [1.807, 2.05) is 24.3 Å². The van der Waals surface area contributed by atoms with Crippen molar-refractivity contribution in [3.8, 4) is 11.5 Å². The Morgan fingerprint density at radius 3 is 2.83 bits per heavy atom. The summed E-state index contributed by atoms with van der Waals surface area (Å²) in [4.78, 5) is 24.1. The van der Waals surface area contributed by atoms with Gasteiger partial charge in [0.05, 0.1) is 5.69 Å². The molecule has 6 nitrogen and oxygen atoms in total. The minimum atomic E-state index is -0.552. The Labute approximate surface area is 138 Å². The predicted octanol–water partition coefficient (Wildman–Crippen LogP) is 2.35. The molecule has 2 atom stereocenters. The van der Waals surface area contributed by atoms with Crippen molar-refractivity contribution in [2.75, 3.05) is 10.6 Å². The Hall–Kier alpha value is -3.02. The van der Waals surface area contributed by atoms with Crippen molar-refractivity contribution >= 4 is 23.2 Å². The highest BCUT2D eigenvalue weighted by molar-refractivity contribution is 6.00. The summed E-state index contributed by atoms with van der Waals surface area (Å²) in [6, 6.07) is 12.8. The van der Waals surface area contributed by atoms with Crippen LogP contribution in [-0.4, -0.2) is 24.0 Å². The van der Waals surface area contributed by atoms with E-state index in [1.54, 1.807) is 25.1 Å². The van der Waals surface area contributed by atoms with E-state index < -0.39 is 12.2 Å². The van der Waals surface area contributed by atoms with Gasteiger partial charge in [0.2, 0.25) is 0 Å². The predicted molar refractivity (Wildman–Crippen MR) is 88.4 cm³/mol. The lowest BCUT2D eigenvalue weighted by Crippen LogP contribution is -2.34. The SMILES string of the molecule is C[C@@H]1Oc2ccc(NC(=O)[C@H]3Cc4ccccc4O3)cc2NC1=O. The number of hydrogen-bond donors (Lipinski definition) is 2. The highest BCUT2D eigenvalue weighted by atomic mass is 16.5. The van der Waals surface area contributed by atoms with Crippen molar-refractivity contribution in [3.63, 3.8) is 0 Å². The number of benzene rings is 2. The van der Waals surface area contributed by atoms with Crippen LogP contribution in [-0.2, 0) is 16.0 Å². The van der Waals surface area contributed by atoms with Crippen molar-refractivity contribution in [1.29, 1.82) is 0 Å². The van der Waals surface area contributed by atoms with Gasteiger partial charge in [0.1, 0.15) is 11.5 Å². The van der Waals surface area contributed by atoms with Crippen LogP contribution in [0.2, 0.25) is 0 Å². The Morgan fingerprint density at radius 1 is 1.17 bits per heavy atom. The normalized spacial score (nSPS) is 21.0. The zero-order valence-corrected chi connectivity index (χ0v) is 13.0. The summed E-state index contributed by atoms with van der Waals surface area (Å²) < 4.78 is 11.2. The summed E-state index contributed by atoms with van der Waals surface area (Å²) in [6.45, 7) is 1.68. The molecule has 2 amide bonds. The average molecular weight is 324 g/mol. The second kappa shape index (κ2) is 5.56. The minimum absolute atomic E-state index is 0.208. The van der Waals surface area contributed by atoms with Crippen LogP contribution in [0.15, 0.2) is 42.5 Å². The van der Waals surface area contributed by atoms with E-state index in [0.29, 0.717) is 23.5 Å². The Bertz CT molecular complexity index is 809. The monoisotopic (exact) mass is 324 g/mol. The molecule has 0 fully saturated rings. The molecule has 0 bridgehead atoms. The maximum Gasteiger partial charge on any atom is 0.265 e. The summed E-state index contributed by atoms with van der Waals surface area (Å²) >= 11 is 0. The molecule has 0 aromatic heterocycles. The highest BCUT2D eigenvalue weighted by Crippen LogP contribution is 2.33. The molecular formula is C18H16N2O4. The molecule has 0 saturated carbocycles. The topological polar surface area (TPSA) is 76.7 Å². The molecule has 0 unspecified atom stereocenters. The number of fused-ring (bicyclic) bond motifs is 2. The summed E-state index contributed by atoms with van der Waals surface area (Å²) in [6.07, 6.45) is -0.530. The summed E-state index contributed by atoms with van der Waals surface area (Å²) in [5.41, 5.74) is 2.15. The van der Waals surface area contributed by atoms with E-state index in [2.05, 4.69) is 10.6 Å². The first-order chi connectivity index (χ1) is 11.6. The lowest BCUT2D eigenvalue weighted by molar-refractivity contribution is -0.123. The molecule has 6 heteroatoms. The number of anilines is 2. The van der Waals surface area contributed by atoms with Crippen molar-refractivity contribution in [2.24, 2.45) is 0 Å². The fraction of sp³-hybridized carbons (Fsp3) is 0.222. The first-order valence-electron chi connectivity index (χ1n) is 7.77. The van der Waals surface area contributed by atoms with Gasteiger partial charge in [-0.1, -0.05) is 18.2 Å². The van der Waals surface area contributed by atoms with Gasteiger partial charge in [-0.3, -0.25) is 9.59 Å². The van der Waals surface area contributed by atoms with E-state index >= 15 is 0 Å². The number of ether oxygens (including phenoxy) is 2. The average Bonchev–Trinajstić information content (AvgIpc) is 3.00. The largest absolute Gasteiger partial charge is 0.480 e. The van der Waals surface area contributed by atoms with Crippen LogP contribution in [0.4, 0.5) is 11.4 Å². The third-order valence-corrected chi connectivity index (χ3v) is 4.12. The molecule has 0 spiro atoms. The molecule has 2 aromatic rings. The van der Waals surface area contributed by atoms with E-state index in [1.165, 1.54) is 0 Å². The Kier molecular flexibility index (Phi) is 3.37. The van der Waals surface area contributed by atoms with Gasteiger partial charge in [0, 0.05) is 12.1 Å². The number of para-hydroxylation sites is 1. The number of hydrogen-bond acceptors (Lipinski definition) is 4. The van der Waals surface area contributed by atoms with Gasteiger partial charge in [-0.2, -0.15) is 0 Å². The molecule has 0 aliphatic carbocycles. The van der Waals surface area contributed by atoms with E-state index in [9.17, 15) is 9.59 Å². The zero-order valence-electron chi connectivity index (χ0n) is 13.0. The molecule has 2 aliphatic rings. The number of carbonyl (C=O) groups excluding carboxylic acids is 2. The Balaban J connectivity index is 1.48. The fourth-order valence-electron chi connectivity index (χ4n) is 2.84. The van der Waals surface area contributed by atoms with Crippen LogP contribution < -0.4 is 20.1 Å². The first-order valence-corrected chi connectivity index (χ1v) is 7.77. The van der Waals surface area contributed by atoms with Crippen LogP contribution in [0, 0.1) is 0 Å². The van der Waals surface area contributed by atoms with Gasteiger partial charge in [-0.15, -0.1) is 0 Å². The lowest BCUT2D eigenvalue weighted by Gasteiger charge is -2.23. The lowest BCUT2D eigenvalue weighted by atomic mass is 10.1. The van der Waals surface area contributed by atoms with Gasteiger partial charge in [-0.05, 0) is 36.8 Å². The van der Waals surface area contributed by atoms with Crippen molar-refractivity contribution in [3.05, 3.63) is 48.0 Å². The molecule has 2 N–H and O–H groups in total. The molecule has 2 aliphatic heterocycles. The van der Waals surface area contributed by atoms with Crippen LogP contribution in [0.25, 0.3) is 0 Å². The van der Waals surface area contributed by atoms with Crippen molar-refractivity contribution in [1.82, 2.24) is 0 Å². The quantitative estimate of drug-likeness (QED) is 0.889. The number of nitrogens with one attached hydrogen (secondary N) is 2. The second-order valence-corrected chi connectivity index (χ2v) is 5.87. The zero-order chi connectivity index (χ0) is 16.7. The molecule has 2 aromatic carbocycles. The van der Waals surface area contributed by atoms with Gasteiger partial charge >= 0.3 is 0 Å². The molecular weight excluding hydrogens is 308 g/mol. The highest BCUT2D eigenvalue weighted by Gasteiger charge is 2.29. The maximum absolute atomic E-state index is 12.4. The molecule has 0 radical (unpaired) electrons. The van der Waals surface area contributed by atoms with Crippen molar-refractivity contribution in [2.45, 2.75) is 25.6 Å². The van der Waals surface area contributed by atoms with Gasteiger partial charge in [-0.25, -0.2) is 0 Å². The summed E-state index contributed by atoms with van der Waals surface area (Å²) in [7, 11) is 0. The maximum atomic E-state index is 12.4. The second-order valence-electron chi connectivity index (χ2n) is 5.87.